The fraction of sp³-hybridized carbons (Fsp3) is 0.550. The van der Waals surface area contributed by atoms with E-state index in [0.717, 1.165) is 17.0 Å². The molecule has 0 radical (unpaired) electrons. The Hall–Kier alpha value is -1.80. The van der Waals surface area contributed by atoms with Crippen LogP contribution in [0, 0.1) is 11.8 Å². The number of benzene rings is 1. The molecule has 0 unspecified atom stereocenters. The van der Waals surface area contributed by atoms with Crippen LogP contribution in [0.15, 0.2) is 29.2 Å². The van der Waals surface area contributed by atoms with Crippen molar-refractivity contribution in [2.75, 3.05) is 17.2 Å². The number of thiocarbonyl (C=S) groups is 1. The van der Waals surface area contributed by atoms with Crippen molar-refractivity contribution < 1.29 is 9.59 Å². The van der Waals surface area contributed by atoms with E-state index in [4.69, 9.17) is 12.2 Å². The molecule has 3 rings (SSSR count). The minimum absolute atomic E-state index is 0.0297. The predicted molar refractivity (Wildman–Crippen MR) is 117 cm³/mol. The highest BCUT2D eigenvalue weighted by Crippen LogP contribution is 2.34. The van der Waals surface area contributed by atoms with E-state index >= 15 is 0 Å². The summed E-state index contributed by atoms with van der Waals surface area (Å²) in [7, 11) is 0. The SMILES string of the molecule is C[C@@H]1[C@@H](C)CCC[C@H]1NC(=S)NNC(=O)CCN1C(=O)CSc2ccccc21. The van der Waals surface area contributed by atoms with Gasteiger partial charge in [0.15, 0.2) is 5.11 Å². The van der Waals surface area contributed by atoms with Crippen LogP contribution in [-0.2, 0) is 9.59 Å². The average molecular weight is 421 g/mol. The smallest absolute Gasteiger partial charge is 0.240 e. The Bertz CT molecular complexity index is 743. The molecule has 1 aromatic carbocycles. The molecule has 1 aromatic rings. The quantitative estimate of drug-likeness (QED) is 0.514. The number of carbonyl (C=O) groups excluding carboxylic acids is 2. The van der Waals surface area contributed by atoms with Crippen molar-refractivity contribution in [3.8, 4) is 0 Å². The zero-order chi connectivity index (χ0) is 20.1. The molecule has 28 heavy (non-hydrogen) atoms. The van der Waals surface area contributed by atoms with Gasteiger partial charge in [-0.05, 0) is 42.6 Å². The monoisotopic (exact) mass is 420 g/mol. The summed E-state index contributed by atoms with van der Waals surface area (Å²) in [6.45, 7) is 4.87. The van der Waals surface area contributed by atoms with Crippen LogP contribution in [0.5, 0.6) is 0 Å². The molecule has 1 aliphatic carbocycles. The lowest BCUT2D eigenvalue weighted by atomic mass is 9.78. The fourth-order valence-electron chi connectivity index (χ4n) is 3.79. The second-order valence-electron chi connectivity index (χ2n) is 7.57. The Balaban J connectivity index is 1.43. The lowest BCUT2D eigenvalue weighted by Crippen LogP contribution is -2.52. The van der Waals surface area contributed by atoms with Gasteiger partial charge in [-0.1, -0.05) is 38.8 Å². The molecule has 0 bridgehead atoms. The lowest BCUT2D eigenvalue weighted by molar-refractivity contribution is -0.121. The molecule has 152 valence electrons. The summed E-state index contributed by atoms with van der Waals surface area (Å²) in [5, 5.41) is 3.76. The second-order valence-corrected chi connectivity index (χ2v) is 9.00. The number of para-hydroxylation sites is 1. The molecular weight excluding hydrogens is 392 g/mol. The van der Waals surface area contributed by atoms with Crippen LogP contribution in [0.2, 0.25) is 0 Å². The molecule has 2 amide bonds. The number of anilines is 1. The van der Waals surface area contributed by atoms with Gasteiger partial charge in [0.2, 0.25) is 11.8 Å². The van der Waals surface area contributed by atoms with E-state index in [-0.39, 0.29) is 18.2 Å². The van der Waals surface area contributed by atoms with Crippen LogP contribution < -0.4 is 21.1 Å². The summed E-state index contributed by atoms with van der Waals surface area (Å²) < 4.78 is 0. The highest BCUT2D eigenvalue weighted by Gasteiger charge is 2.27. The summed E-state index contributed by atoms with van der Waals surface area (Å²) in [4.78, 5) is 27.2. The van der Waals surface area contributed by atoms with Gasteiger partial charge in [0.25, 0.3) is 0 Å². The Labute approximate surface area is 176 Å². The Kier molecular flexibility index (Phi) is 7.18. The number of hydrogen-bond acceptors (Lipinski definition) is 4. The summed E-state index contributed by atoms with van der Waals surface area (Å²) in [6.07, 6.45) is 3.75. The topological polar surface area (TPSA) is 73.5 Å². The zero-order valence-corrected chi connectivity index (χ0v) is 18.0. The molecule has 0 aromatic heterocycles. The number of nitrogens with zero attached hydrogens (tertiary/aromatic N) is 1. The molecule has 1 aliphatic heterocycles. The molecule has 8 heteroatoms. The first-order valence-corrected chi connectivity index (χ1v) is 11.2. The van der Waals surface area contributed by atoms with Gasteiger partial charge >= 0.3 is 0 Å². The first-order chi connectivity index (χ1) is 13.5. The van der Waals surface area contributed by atoms with Crippen LogP contribution in [0.25, 0.3) is 0 Å². The van der Waals surface area contributed by atoms with Gasteiger partial charge in [0.05, 0.1) is 11.4 Å². The normalized spacial score (nSPS) is 24.3. The first kappa shape index (κ1) is 20.9. The van der Waals surface area contributed by atoms with E-state index in [1.807, 2.05) is 24.3 Å². The second kappa shape index (κ2) is 9.60. The predicted octanol–water partition coefficient (Wildman–Crippen LogP) is 2.84. The lowest BCUT2D eigenvalue weighted by Gasteiger charge is -2.35. The molecule has 6 nitrogen and oxygen atoms in total. The van der Waals surface area contributed by atoms with Crippen molar-refractivity contribution in [2.24, 2.45) is 11.8 Å². The van der Waals surface area contributed by atoms with Crippen molar-refractivity contribution in [1.82, 2.24) is 16.2 Å². The maximum Gasteiger partial charge on any atom is 0.240 e. The van der Waals surface area contributed by atoms with Crippen LogP contribution >= 0.6 is 24.0 Å². The number of hydrogen-bond donors (Lipinski definition) is 3. The Morgan fingerprint density at radius 1 is 1.25 bits per heavy atom. The number of amides is 2. The van der Waals surface area contributed by atoms with E-state index in [1.54, 1.807) is 4.90 Å². The number of thioether (sulfide) groups is 1. The third-order valence-corrected chi connectivity index (χ3v) is 6.98. The van der Waals surface area contributed by atoms with Gasteiger partial charge in [-0.25, -0.2) is 0 Å². The van der Waals surface area contributed by atoms with Crippen molar-refractivity contribution in [3.63, 3.8) is 0 Å². The Morgan fingerprint density at radius 3 is 2.86 bits per heavy atom. The molecule has 1 saturated carbocycles. The minimum Gasteiger partial charge on any atom is -0.358 e. The zero-order valence-electron chi connectivity index (χ0n) is 16.4. The highest BCUT2D eigenvalue weighted by atomic mass is 32.2. The summed E-state index contributed by atoms with van der Waals surface area (Å²) in [5.74, 6) is 1.46. The first-order valence-electron chi connectivity index (χ1n) is 9.83. The molecule has 3 N–H and O–H groups in total. The standard InChI is InChI=1S/C20H28N4O2S2/c1-13-6-5-7-15(14(13)2)21-20(27)23-22-18(25)10-11-24-16-8-3-4-9-17(16)28-12-19(24)26/h3-4,8-9,13-15H,5-7,10-12H2,1-2H3,(H,22,25)(H2,21,23,27)/t13-,14+,15+/m0/s1. The number of hydrazine groups is 1. The van der Waals surface area contributed by atoms with Crippen LogP contribution in [0.1, 0.15) is 39.5 Å². The van der Waals surface area contributed by atoms with Crippen molar-refractivity contribution in [3.05, 3.63) is 24.3 Å². The number of nitrogens with one attached hydrogen (secondary N) is 3. The van der Waals surface area contributed by atoms with E-state index in [1.165, 1.54) is 24.6 Å². The van der Waals surface area contributed by atoms with Gasteiger partial charge < -0.3 is 10.2 Å². The van der Waals surface area contributed by atoms with Crippen LogP contribution in [-0.4, -0.2) is 35.3 Å². The largest absolute Gasteiger partial charge is 0.358 e. The van der Waals surface area contributed by atoms with Crippen LogP contribution in [0.4, 0.5) is 5.69 Å². The van der Waals surface area contributed by atoms with Crippen molar-refractivity contribution >= 4 is 46.6 Å². The number of carbonyl (C=O) groups is 2. The third kappa shape index (κ3) is 5.17. The molecule has 3 atom stereocenters. The number of fused-ring (bicyclic) bond motifs is 1. The van der Waals surface area contributed by atoms with Gasteiger partial charge in [0.1, 0.15) is 0 Å². The van der Waals surface area contributed by atoms with E-state index < -0.39 is 0 Å². The van der Waals surface area contributed by atoms with E-state index in [9.17, 15) is 9.59 Å². The van der Waals surface area contributed by atoms with Crippen molar-refractivity contribution in [1.29, 1.82) is 0 Å². The Morgan fingerprint density at radius 2 is 2.04 bits per heavy atom. The molecule has 0 spiro atoms. The molecule has 0 saturated heterocycles. The van der Waals surface area contributed by atoms with E-state index in [0.29, 0.717) is 35.3 Å². The van der Waals surface area contributed by atoms with Crippen molar-refractivity contribution in [2.45, 2.75) is 50.5 Å². The maximum absolute atomic E-state index is 12.2. The van der Waals surface area contributed by atoms with Gasteiger partial charge in [0, 0.05) is 23.9 Å². The minimum atomic E-state index is -0.197. The highest BCUT2D eigenvalue weighted by molar-refractivity contribution is 8.00. The average Bonchev–Trinajstić information content (AvgIpc) is 2.69. The van der Waals surface area contributed by atoms with Gasteiger partial charge in [-0.15, -0.1) is 11.8 Å². The fourth-order valence-corrected chi connectivity index (χ4v) is 4.93. The maximum atomic E-state index is 12.2. The third-order valence-electron chi connectivity index (χ3n) is 5.71. The summed E-state index contributed by atoms with van der Waals surface area (Å²) in [6, 6.07) is 8.11. The molecule has 2 aliphatic rings. The summed E-state index contributed by atoms with van der Waals surface area (Å²) in [5.41, 5.74) is 6.31. The van der Waals surface area contributed by atoms with Gasteiger partial charge in [-0.3, -0.25) is 20.4 Å². The molecule has 1 heterocycles. The molecule has 1 fully saturated rings. The van der Waals surface area contributed by atoms with E-state index in [2.05, 4.69) is 30.0 Å². The molecular formula is C20H28N4O2S2. The summed E-state index contributed by atoms with van der Waals surface area (Å²) >= 11 is 6.86. The number of rotatable bonds is 4. The van der Waals surface area contributed by atoms with Gasteiger partial charge in [-0.2, -0.15) is 0 Å². The van der Waals surface area contributed by atoms with Crippen LogP contribution in [0.3, 0.4) is 0 Å².